The highest BCUT2D eigenvalue weighted by atomic mass is 35.5. The van der Waals surface area contributed by atoms with Crippen LogP contribution >= 0.6 is 23.2 Å². The summed E-state index contributed by atoms with van der Waals surface area (Å²) >= 11 is 12.3. The number of carbonyl (C=O) groups excluding carboxylic acids is 1. The molecule has 1 aromatic carbocycles. The monoisotopic (exact) mass is 326 g/mol. The van der Waals surface area contributed by atoms with Gasteiger partial charge in [-0.25, -0.2) is 0 Å². The second kappa shape index (κ2) is 6.15. The van der Waals surface area contributed by atoms with Gasteiger partial charge in [-0.2, -0.15) is 0 Å². The van der Waals surface area contributed by atoms with Gasteiger partial charge in [0.2, 0.25) is 0 Å². The lowest BCUT2D eigenvalue weighted by molar-refractivity contribution is 0.0223. The summed E-state index contributed by atoms with van der Waals surface area (Å²) in [7, 11) is 0. The van der Waals surface area contributed by atoms with Gasteiger partial charge in [0.1, 0.15) is 0 Å². The molecule has 3 nitrogen and oxygen atoms in total. The molecular formula is C16H20Cl2N2O. The molecule has 1 N–H and O–H groups in total. The van der Waals surface area contributed by atoms with Gasteiger partial charge in [0.25, 0.3) is 5.91 Å². The average Bonchev–Trinajstić information content (AvgIpc) is 2.50. The number of benzene rings is 1. The van der Waals surface area contributed by atoms with E-state index in [1.165, 1.54) is 19.3 Å². The highest BCUT2D eigenvalue weighted by molar-refractivity contribution is 6.35. The quantitative estimate of drug-likeness (QED) is 0.852. The summed E-state index contributed by atoms with van der Waals surface area (Å²) in [6, 6.07) is 5.10. The number of piperazine rings is 1. The molecule has 1 aliphatic carbocycles. The zero-order valence-electron chi connectivity index (χ0n) is 12.0. The Morgan fingerprint density at radius 1 is 1.19 bits per heavy atom. The van der Waals surface area contributed by atoms with Gasteiger partial charge in [-0.05, 0) is 31.0 Å². The third-order valence-electron chi connectivity index (χ3n) is 4.73. The summed E-state index contributed by atoms with van der Waals surface area (Å²) < 4.78 is 0. The topological polar surface area (TPSA) is 32.3 Å². The second-order valence-corrected chi connectivity index (χ2v) is 6.89. The summed E-state index contributed by atoms with van der Waals surface area (Å²) in [5, 5.41) is 4.49. The van der Waals surface area contributed by atoms with Crippen molar-refractivity contribution in [3.8, 4) is 0 Å². The van der Waals surface area contributed by atoms with E-state index in [0.29, 0.717) is 15.6 Å². The van der Waals surface area contributed by atoms with Crippen LogP contribution < -0.4 is 5.32 Å². The molecule has 21 heavy (non-hydrogen) atoms. The SMILES string of the molecule is O=C(c1cc(Cl)ccc1Cl)N1CCNCC12CCCCC2. The predicted octanol–water partition coefficient (Wildman–Crippen LogP) is 3.74. The molecule has 1 heterocycles. The molecule has 1 spiro atoms. The Kier molecular flexibility index (Phi) is 4.43. The van der Waals surface area contributed by atoms with Crippen LogP contribution in [-0.2, 0) is 0 Å². The molecule has 0 bridgehead atoms. The molecule has 1 amide bonds. The van der Waals surface area contributed by atoms with E-state index >= 15 is 0 Å². The van der Waals surface area contributed by atoms with Gasteiger partial charge in [0.15, 0.2) is 0 Å². The third kappa shape index (κ3) is 2.92. The molecule has 114 valence electrons. The first kappa shape index (κ1) is 15.1. The molecule has 1 aromatic rings. The van der Waals surface area contributed by atoms with Crippen LogP contribution in [0.1, 0.15) is 42.5 Å². The lowest BCUT2D eigenvalue weighted by Crippen LogP contribution is -2.63. The van der Waals surface area contributed by atoms with E-state index < -0.39 is 0 Å². The van der Waals surface area contributed by atoms with Gasteiger partial charge in [0.05, 0.1) is 16.1 Å². The molecule has 3 rings (SSSR count). The van der Waals surface area contributed by atoms with Crippen molar-refractivity contribution in [2.24, 2.45) is 0 Å². The minimum Gasteiger partial charge on any atom is -0.330 e. The largest absolute Gasteiger partial charge is 0.330 e. The maximum absolute atomic E-state index is 13.0. The third-order valence-corrected chi connectivity index (χ3v) is 5.29. The highest BCUT2D eigenvalue weighted by Gasteiger charge is 2.42. The number of amides is 1. The lowest BCUT2D eigenvalue weighted by atomic mass is 9.78. The Labute approximate surface area is 135 Å². The molecule has 1 aliphatic heterocycles. The molecule has 0 aromatic heterocycles. The fourth-order valence-electron chi connectivity index (χ4n) is 3.62. The molecule has 5 heteroatoms. The number of halogens is 2. The number of hydrogen-bond donors (Lipinski definition) is 1. The number of carbonyl (C=O) groups is 1. The molecule has 2 aliphatic rings. The summed E-state index contributed by atoms with van der Waals surface area (Å²) in [5.41, 5.74) is 0.482. The number of nitrogens with one attached hydrogen (secondary N) is 1. The molecule has 1 saturated carbocycles. The average molecular weight is 327 g/mol. The molecule has 2 fully saturated rings. The molecule has 0 radical (unpaired) electrons. The van der Waals surface area contributed by atoms with Crippen molar-refractivity contribution >= 4 is 29.1 Å². The Hall–Kier alpha value is -0.770. The van der Waals surface area contributed by atoms with Crippen molar-refractivity contribution in [1.82, 2.24) is 10.2 Å². The van der Waals surface area contributed by atoms with Crippen LogP contribution in [0.4, 0.5) is 0 Å². The van der Waals surface area contributed by atoms with E-state index in [1.807, 2.05) is 4.90 Å². The van der Waals surface area contributed by atoms with Crippen molar-refractivity contribution in [1.29, 1.82) is 0 Å². The van der Waals surface area contributed by atoms with Crippen LogP contribution in [0.2, 0.25) is 10.0 Å². The first-order valence-corrected chi connectivity index (χ1v) is 8.36. The van der Waals surface area contributed by atoms with Crippen molar-refractivity contribution in [3.05, 3.63) is 33.8 Å². The number of nitrogens with zero attached hydrogens (tertiary/aromatic N) is 1. The lowest BCUT2D eigenvalue weighted by Gasteiger charge is -2.50. The molecule has 0 unspecified atom stereocenters. The summed E-state index contributed by atoms with van der Waals surface area (Å²) in [6.45, 7) is 2.46. The Morgan fingerprint density at radius 2 is 1.95 bits per heavy atom. The van der Waals surface area contributed by atoms with Gasteiger partial charge in [-0.3, -0.25) is 4.79 Å². The normalized spacial score (nSPS) is 21.5. The van der Waals surface area contributed by atoms with Crippen LogP contribution in [-0.4, -0.2) is 36.0 Å². The fourth-order valence-corrected chi connectivity index (χ4v) is 4.00. The van der Waals surface area contributed by atoms with Crippen molar-refractivity contribution in [3.63, 3.8) is 0 Å². The smallest absolute Gasteiger partial charge is 0.255 e. The van der Waals surface area contributed by atoms with Gasteiger partial charge in [0, 0.05) is 24.7 Å². The molecule has 0 atom stereocenters. The molecule has 1 saturated heterocycles. The van der Waals surface area contributed by atoms with E-state index in [0.717, 1.165) is 32.5 Å². The number of hydrogen-bond acceptors (Lipinski definition) is 2. The second-order valence-electron chi connectivity index (χ2n) is 6.04. The Balaban J connectivity index is 1.92. The first-order chi connectivity index (χ1) is 10.1. The Morgan fingerprint density at radius 3 is 2.71 bits per heavy atom. The van der Waals surface area contributed by atoms with E-state index in [9.17, 15) is 4.79 Å². The van der Waals surface area contributed by atoms with Gasteiger partial charge in [-0.1, -0.05) is 42.5 Å². The summed E-state index contributed by atoms with van der Waals surface area (Å²) in [4.78, 5) is 15.0. The standard InChI is InChI=1S/C16H20Cl2N2O/c17-12-4-5-14(18)13(10-12)15(21)20-9-8-19-11-16(20)6-2-1-3-7-16/h4-5,10,19H,1-3,6-9,11H2. The first-order valence-electron chi connectivity index (χ1n) is 7.60. The van der Waals surface area contributed by atoms with Gasteiger partial charge < -0.3 is 10.2 Å². The van der Waals surface area contributed by atoms with Gasteiger partial charge in [-0.15, -0.1) is 0 Å². The zero-order valence-corrected chi connectivity index (χ0v) is 13.5. The van der Waals surface area contributed by atoms with Crippen molar-refractivity contribution in [2.75, 3.05) is 19.6 Å². The maximum atomic E-state index is 13.0. The van der Waals surface area contributed by atoms with Crippen LogP contribution in [0.25, 0.3) is 0 Å². The van der Waals surface area contributed by atoms with Crippen LogP contribution in [0.5, 0.6) is 0 Å². The number of rotatable bonds is 1. The van der Waals surface area contributed by atoms with Crippen LogP contribution in [0.3, 0.4) is 0 Å². The minimum atomic E-state index is -0.0424. The minimum absolute atomic E-state index is 0.0194. The van der Waals surface area contributed by atoms with Crippen LogP contribution in [0.15, 0.2) is 18.2 Å². The van der Waals surface area contributed by atoms with Crippen molar-refractivity contribution < 1.29 is 4.79 Å². The van der Waals surface area contributed by atoms with E-state index in [-0.39, 0.29) is 11.4 Å². The molecular weight excluding hydrogens is 307 g/mol. The maximum Gasteiger partial charge on any atom is 0.255 e. The van der Waals surface area contributed by atoms with Crippen molar-refractivity contribution in [2.45, 2.75) is 37.6 Å². The van der Waals surface area contributed by atoms with E-state index in [2.05, 4.69) is 5.32 Å². The highest BCUT2D eigenvalue weighted by Crippen LogP contribution is 2.36. The summed E-state index contributed by atoms with van der Waals surface area (Å²) in [6.07, 6.45) is 5.79. The van der Waals surface area contributed by atoms with E-state index in [1.54, 1.807) is 18.2 Å². The van der Waals surface area contributed by atoms with E-state index in [4.69, 9.17) is 23.2 Å². The van der Waals surface area contributed by atoms with Gasteiger partial charge >= 0.3 is 0 Å². The van der Waals surface area contributed by atoms with Crippen LogP contribution in [0, 0.1) is 0 Å². The Bertz CT molecular complexity index is 533. The zero-order chi connectivity index (χ0) is 14.9. The fraction of sp³-hybridized carbons (Fsp3) is 0.562. The predicted molar refractivity (Wildman–Crippen MR) is 86.2 cm³/mol. The summed E-state index contributed by atoms with van der Waals surface area (Å²) in [5.74, 6) is 0.0194.